The van der Waals surface area contributed by atoms with Crippen molar-refractivity contribution in [1.29, 1.82) is 0 Å². The maximum Gasteiger partial charge on any atom is 0.253 e. The van der Waals surface area contributed by atoms with Crippen LogP contribution in [0.1, 0.15) is 132 Å². The number of aryl methyl sites for hydroxylation is 4. The van der Waals surface area contributed by atoms with E-state index in [1.165, 1.54) is 36.8 Å². The summed E-state index contributed by atoms with van der Waals surface area (Å²) in [6.45, 7) is 13.5. The number of amides is 2. The van der Waals surface area contributed by atoms with Crippen molar-refractivity contribution in [3.05, 3.63) is 142 Å². The van der Waals surface area contributed by atoms with E-state index in [2.05, 4.69) is 54.8 Å². The highest BCUT2D eigenvalue weighted by Gasteiger charge is 2.26. The Morgan fingerprint density at radius 1 is 0.562 bits per heavy atom. The van der Waals surface area contributed by atoms with Gasteiger partial charge in [0.25, 0.3) is 11.8 Å². The largest absolute Gasteiger partial charge is 0.497 e. The van der Waals surface area contributed by atoms with Crippen molar-refractivity contribution in [2.75, 3.05) is 27.3 Å². The monoisotopic (exact) mass is 865 g/mol. The SMILES string of the molecule is CC.COc1cccc(-c2[nH]c(C)cc2C(=O)NCC2CCC(c3ccnc(C)c3)CC2)c1.COc1cccc(-c2[nH]c(C)cc2C(=O)NCC2CCC(c3ccnc(C)c3)CC2)c1. The molecule has 8 rings (SSSR count). The Morgan fingerprint density at radius 3 is 1.31 bits per heavy atom. The predicted molar refractivity (Wildman–Crippen MR) is 258 cm³/mol. The maximum atomic E-state index is 13.0. The number of ether oxygens (including phenoxy) is 2. The minimum absolute atomic E-state index is 0.0194. The lowest BCUT2D eigenvalue weighted by molar-refractivity contribution is 0.0935. The molecular weight excluding hydrogens is 797 g/mol. The lowest BCUT2D eigenvalue weighted by Crippen LogP contribution is -2.31. The quantitative estimate of drug-likeness (QED) is 0.0968. The molecule has 2 saturated carbocycles. The van der Waals surface area contributed by atoms with E-state index in [-0.39, 0.29) is 11.8 Å². The molecular formula is C54H68N6O4. The zero-order valence-corrected chi connectivity index (χ0v) is 39.1. The van der Waals surface area contributed by atoms with E-state index in [1.54, 1.807) is 14.2 Å². The molecule has 4 N–H and O–H groups in total. The van der Waals surface area contributed by atoms with E-state index in [0.717, 1.165) is 95.6 Å². The first-order chi connectivity index (χ1) is 31.1. The summed E-state index contributed by atoms with van der Waals surface area (Å²) in [5.41, 5.74) is 11.9. The van der Waals surface area contributed by atoms with E-state index in [1.807, 2.05) is 115 Å². The van der Waals surface area contributed by atoms with E-state index in [0.29, 0.717) is 34.8 Å². The summed E-state index contributed by atoms with van der Waals surface area (Å²) in [5.74, 6) is 3.80. The van der Waals surface area contributed by atoms with Gasteiger partial charge in [-0.2, -0.15) is 0 Å². The van der Waals surface area contributed by atoms with Gasteiger partial charge in [0.15, 0.2) is 0 Å². The third kappa shape index (κ3) is 12.5. The number of benzene rings is 2. The van der Waals surface area contributed by atoms with Crippen LogP contribution >= 0.6 is 0 Å². The first-order valence-corrected chi connectivity index (χ1v) is 23.2. The number of hydrogen-bond donors (Lipinski definition) is 4. The Balaban J connectivity index is 0.000000205. The molecule has 2 fully saturated rings. The van der Waals surface area contributed by atoms with Crippen molar-refractivity contribution in [1.82, 2.24) is 30.6 Å². The second-order valence-corrected chi connectivity index (χ2v) is 17.3. The molecule has 2 aliphatic carbocycles. The van der Waals surface area contributed by atoms with Crippen LogP contribution in [0.2, 0.25) is 0 Å². The van der Waals surface area contributed by atoms with Crippen LogP contribution in [0.25, 0.3) is 22.5 Å². The van der Waals surface area contributed by atoms with Crippen molar-refractivity contribution in [3.63, 3.8) is 0 Å². The second kappa shape index (κ2) is 23.0. The van der Waals surface area contributed by atoms with Gasteiger partial charge in [-0.15, -0.1) is 0 Å². The molecule has 10 heteroatoms. The second-order valence-electron chi connectivity index (χ2n) is 17.3. The Labute approximate surface area is 380 Å². The Hall–Kier alpha value is -6.16. The number of H-pyrrole nitrogens is 2. The number of aromatic nitrogens is 4. The van der Waals surface area contributed by atoms with Crippen molar-refractivity contribution in [2.45, 2.75) is 105 Å². The average Bonchev–Trinajstić information content (AvgIpc) is 3.93. The molecule has 338 valence electrons. The van der Waals surface area contributed by atoms with Crippen LogP contribution in [-0.2, 0) is 0 Å². The first-order valence-electron chi connectivity index (χ1n) is 23.2. The number of rotatable bonds is 12. The smallest absolute Gasteiger partial charge is 0.253 e. The van der Waals surface area contributed by atoms with Gasteiger partial charge in [-0.05, 0) is 175 Å². The fourth-order valence-corrected chi connectivity index (χ4v) is 9.26. The van der Waals surface area contributed by atoms with Gasteiger partial charge in [-0.3, -0.25) is 19.6 Å². The third-order valence-electron chi connectivity index (χ3n) is 12.7. The first kappa shape index (κ1) is 47.3. The third-order valence-corrected chi connectivity index (χ3v) is 12.7. The molecule has 2 amide bonds. The lowest BCUT2D eigenvalue weighted by atomic mass is 9.79. The number of aromatic amines is 2. The van der Waals surface area contributed by atoms with Crippen LogP contribution in [-0.4, -0.2) is 59.1 Å². The standard InChI is InChI=1S/2C26H31N3O2.C2H6/c2*1-17-13-21(11-12-27-17)20-9-7-19(8-10-20)16-28-26(30)24-14-18(2)29-25(24)22-5-4-6-23(15-22)31-3;1-2/h2*4-6,11-15,19-20,29H,7-10,16H2,1-3H3,(H,28,30);1-2H3. The molecule has 0 aliphatic heterocycles. The van der Waals surface area contributed by atoms with E-state index in [9.17, 15) is 9.59 Å². The molecule has 0 saturated heterocycles. The Kier molecular flexibility index (Phi) is 17.0. The van der Waals surface area contributed by atoms with Gasteiger partial charge in [-0.1, -0.05) is 38.1 Å². The number of pyridine rings is 2. The van der Waals surface area contributed by atoms with E-state index in [4.69, 9.17) is 9.47 Å². The minimum atomic E-state index is -0.0194. The Bertz CT molecular complexity index is 2270. The minimum Gasteiger partial charge on any atom is -0.497 e. The van der Waals surface area contributed by atoms with Gasteiger partial charge in [0.1, 0.15) is 11.5 Å². The predicted octanol–water partition coefficient (Wildman–Crippen LogP) is 11.8. The molecule has 2 aromatic carbocycles. The molecule has 2 aliphatic rings. The van der Waals surface area contributed by atoms with Crippen molar-refractivity contribution in [2.24, 2.45) is 11.8 Å². The number of nitrogens with one attached hydrogen (secondary N) is 4. The average molecular weight is 865 g/mol. The zero-order chi connectivity index (χ0) is 45.6. The lowest BCUT2D eigenvalue weighted by Gasteiger charge is -2.29. The summed E-state index contributed by atoms with van der Waals surface area (Å²) >= 11 is 0. The Morgan fingerprint density at radius 2 is 0.953 bits per heavy atom. The molecule has 0 unspecified atom stereocenters. The molecule has 0 atom stereocenters. The van der Waals surface area contributed by atoms with Crippen LogP contribution in [0.4, 0.5) is 0 Å². The molecule has 6 aromatic rings. The van der Waals surface area contributed by atoms with Gasteiger partial charge >= 0.3 is 0 Å². The highest BCUT2D eigenvalue weighted by molar-refractivity contribution is 6.01. The van der Waals surface area contributed by atoms with E-state index >= 15 is 0 Å². The number of nitrogens with zero attached hydrogens (tertiary/aromatic N) is 2. The summed E-state index contributed by atoms with van der Waals surface area (Å²) < 4.78 is 10.7. The molecule has 0 radical (unpaired) electrons. The molecule has 4 heterocycles. The van der Waals surface area contributed by atoms with Crippen LogP contribution in [0.3, 0.4) is 0 Å². The van der Waals surface area contributed by atoms with Crippen LogP contribution in [0.15, 0.2) is 97.3 Å². The molecule has 64 heavy (non-hydrogen) atoms. The molecule has 4 aromatic heterocycles. The highest BCUT2D eigenvalue weighted by Crippen LogP contribution is 2.37. The topological polar surface area (TPSA) is 134 Å². The number of carbonyl (C=O) groups excluding carboxylic acids is 2. The maximum absolute atomic E-state index is 13.0. The number of hydrogen-bond acceptors (Lipinski definition) is 6. The number of methoxy groups -OCH3 is 2. The molecule has 0 spiro atoms. The van der Waals surface area contributed by atoms with Gasteiger partial charge < -0.3 is 30.1 Å². The summed E-state index contributed by atoms with van der Waals surface area (Å²) in [4.78, 5) is 41.3. The van der Waals surface area contributed by atoms with Crippen molar-refractivity contribution < 1.29 is 19.1 Å². The fraction of sp³-hybridized carbons (Fsp3) is 0.407. The summed E-state index contributed by atoms with van der Waals surface area (Å²) in [6, 6.07) is 28.1. The van der Waals surface area contributed by atoms with Crippen LogP contribution in [0, 0.1) is 39.5 Å². The van der Waals surface area contributed by atoms with Gasteiger partial charge in [0.05, 0.1) is 36.7 Å². The van der Waals surface area contributed by atoms with Crippen molar-refractivity contribution in [3.8, 4) is 34.0 Å². The summed E-state index contributed by atoms with van der Waals surface area (Å²) in [6.07, 6.45) is 13.1. The zero-order valence-electron chi connectivity index (χ0n) is 39.1. The van der Waals surface area contributed by atoms with Gasteiger partial charge in [0, 0.05) is 59.4 Å². The van der Waals surface area contributed by atoms with Crippen LogP contribution < -0.4 is 20.1 Å². The molecule has 0 bridgehead atoms. The van der Waals surface area contributed by atoms with Crippen LogP contribution in [0.5, 0.6) is 11.5 Å². The summed E-state index contributed by atoms with van der Waals surface area (Å²) in [5, 5.41) is 6.37. The number of carbonyl (C=O) groups is 2. The fourth-order valence-electron chi connectivity index (χ4n) is 9.26. The normalized spacial score (nSPS) is 18.1. The molecule has 10 nitrogen and oxygen atoms in total. The van der Waals surface area contributed by atoms with Gasteiger partial charge in [-0.25, -0.2) is 0 Å². The van der Waals surface area contributed by atoms with Gasteiger partial charge in [0.2, 0.25) is 0 Å². The van der Waals surface area contributed by atoms with E-state index < -0.39 is 0 Å². The highest BCUT2D eigenvalue weighted by atomic mass is 16.5. The van der Waals surface area contributed by atoms with Crippen molar-refractivity contribution >= 4 is 11.8 Å². The summed E-state index contributed by atoms with van der Waals surface area (Å²) in [7, 11) is 3.30.